The van der Waals surface area contributed by atoms with Crippen LogP contribution in [0.4, 0.5) is 5.69 Å². The molecule has 0 bridgehead atoms. The molecule has 21 heavy (non-hydrogen) atoms. The molecule has 2 aromatic rings. The van der Waals surface area contributed by atoms with E-state index in [1.807, 2.05) is 30.3 Å². The quantitative estimate of drug-likeness (QED) is 0.805. The molecule has 2 atom stereocenters. The second-order valence-corrected chi connectivity index (χ2v) is 5.47. The van der Waals surface area contributed by atoms with E-state index in [2.05, 4.69) is 28.1 Å². The van der Waals surface area contributed by atoms with Crippen LogP contribution in [0.25, 0.3) is 10.9 Å². The summed E-state index contributed by atoms with van der Waals surface area (Å²) < 4.78 is 0. The first kappa shape index (κ1) is 14.0. The molecule has 1 fully saturated rings. The average Bonchev–Trinajstić information content (AvgIpc) is 2.96. The van der Waals surface area contributed by atoms with Crippen LogP contribution in [0.15, 0.2) is 36.5 Å². The Morgan fingerprint density at radius 1 is 1.38 bits per heavy atom. The van der Waals surface area contributed by atoms with Gasteiger partial charge < -0.3 is 5.32 Å². The molecule has 1 saturated heterocycles. The first-order chi connectivity index (χ1) is 10.3. The fraction of sp³-hybridized carbons (Fsp3) is 0.375. The predicted molar refractivity (Wildman–Crippen MR) is 83.7 cm³/mol. The monoisotopic (exact) mass is 284 g/mol. The van der Waals surface area contributed by atoms with E-state index in [9.17, 15) is 4.79 Å². The Kier molecular flexibility index (Phi) is 4.13. The molecule has 110 valence electrons. The largest absolute Gasteiger partial charge is 0.323 e. The Morgan fingerprint density at radius 3 is 3.10 bits per heavy atom. The molecular weight excluding hydrogens is 264 g/mol. The van der Waals surface area contributed by atoms with Gasteiger partial charge in [0.05, 0.1) is 17.4 Å². The molecule has 0 saturated carbocycles. The number of hydrogen-bond acceptors (Lipinski definition) is 4. The minimum absolute atomic E-state index is 0.0156. The third-order valence-electron chi connectivity index (χ3n) is 3.79. The summed E-state index contributed by atoms with van der Waals surface area (Å²) in [5.74, 6) is -0.0156. The van der Waals surface area contributed by atoms with E-state index in [0.29, 0.717) is 6.04 Å². The minimum Gasteiger partial charge on any atom is -0.323 e. The van der Waals surface area contributed by atoms with Gasteiger partial charge in [-0.3, -0.25) is 15.2 Å². The van der Waals surface area contributed by atoms with Crippen molar-refractivity contribution in [3.05, 3.63) is 36.5 Å². The Bertz CT molecular complexity index is 643. The van der Waals surface area contributed by atoms with Gasteiger partial charge >= 0.3 is 0 Å². The van der Waals surface area contributed by atoms with Gasteiger partial charge in [-0.2, -0.15) is 0 Å². The van der Waals surface area contributed by atoms with Crippen molar-refractivity contribution in [3.8, 4) is 0 Å². The zero-order valence-electron chi connectivity index (χ0n) is 12.1. The number of anilines is 1. The molecule has 2 unspecified atom stereocenters. The molecule has 2 heterocycles. The van der Waals surface area contributed by atoms with E-state index in [0.717, 1.165) is 35.9 Å². The summed E-state index contributed by atoms with van der Waals surface area (Å²) in [6, 6.07) is 10.0. The Balaban J connectivity index is 1.66. The number of rotatable bonds is 4. The van der Waals surface area contributed by atoms with E-state index in [-0.39, 0.29) is 11.9 Å². The lowest BCUT2D eigenvalue weighted by Gasteiger charge is -2.11. The Morgan fingerprint density at radius 2 is 2.24 bits per heavy atom. The molecule has 3 rings (SSSR count). The first-order valence-electron chi connectivity index (χ1n) is 7.43. The number of fused-ring (bicyclic) bond motifs is 1. The summed E-state index contributed by atoms with van der Waals surface area (Å²) in [7, 11) is 0. The number of carbonyl (C=O) groups excluding carboxylic acids is 1. The molecule has 3 N–H and O–H groups in total. The third-order valence-corrected chi connectivity index (χ3v) is 3.79. The van der Waals surface area contributed by atoms with Gasteiger partial charge in [-0.1, -0.05) is 31.5 Å². The fourth-order valence-electron chi connectivity index (χ4n) is 2.70. The smallest absolute Gasteiger partial charge is 0.242 e. The molecule has 0 spiro atoms. The van der Waals surface area contributed by atoms with Gasteiger partial charge in [-0.05, 0) is 25.0 Å². The predicted octanol–water partition coefficient (Wildman–Crippen LogP) is 2.21. The standard InChI is InChI=1S/C16H20N4O/c1-2-5-12-9-15(20-19-12)16(21)18-13-8-11-6-3-4-7-14(11)17-10-13/h3-4,6-8,10,12,15,19-20H,2,5,9H2,1H3,(H,18,21). The lowest BCUT2D eigenvalue weighted by Crippen LogP contribution is -2.40. The highest BCUT2D eigenvalue weighted by Gasteiger charge is 2.28. The van der Waals surface area contributed by atoms with Crippen LogP contribution in [-0.4, -0.2) is 23.0 Å². The molecule has 1 aromatic heterocycles. The maximum atomic E-state index is 12.3. The number of nitrogens with zero attached hydrogens (tertiary/aromatic N) is 1. The number of pyridine rings is 1. The van der Waals surface area contributed by atoms with E-state index < -0.39 is 0 Å². The van der Waals surface area contributed by atoms with Crippen LogP contribution in [0.1, 0.15) is 26.2 Å². The van der Waals surface area contributed by atoms with Gasteiger partial charge in [0.1, 0.15) is 6.04 Å². The van der Waals surface area contributed by atoms with Crippen LogP contribution in [0, 0.1) is 0 Å². The van der Waals surface area contributed by atoms with Crippen molar-refractivity contribution in [1.82, 2.24) is 15.8 Å². The number of amides is 1. The van der Waals surface area contributed by atoms with Crippen molar-refractivity contribution in [2.24, 2.45) is 0 Å². The van der Waals surface area contributed by atoms with Gasteiger partial charge in [0.15, 0.2) is 0 Å². The summed E-state index contributed by atoms with van der Waals surface area (Å²) in [6.07, 6.45) is 4.71. The maximum Gasteiger partial charge on any atom is 0.242 e. The molecule has 1 amide bonds. The topological polar surface area (TPSA) is 66.0 Å². The number of aromatic nitrogens is 1. The number of para-hydroxylation sites is 1. The second-order valence-electron chi connectivity index (χ2n) is 5.47. The van der Waals surface area contributed by atoms with Gasteiger partial charge in [-0.15, -0.1) is 0 Å². The zero-order valence-corrected chi connectivity index (χ0v) is 12.1. The van der Waals surface area contributed by atoms with Crippen LogP contribution < -0.4 is 16.2 Å². The number of hydrogen-bond donors (Lipinski definition) is 3. The van der Waals surface area contributed by atoms with Gasteiger partial charge in [-0.25, -0.2) is 5.43 Å². The van der Waals surface area contributed by atoms with E-state index in [1.54, 1.807) is 6.20 Å². The van der Waals surface area contributed by atoms with Crippen molar-refractivity contribution in [1.29, 1.82) is 0 Å². The lowest BCUT2D eigenvalue weighted by molar-refractivity contribution is -0.117. The van der Waals surface area contributed by atoms with Crippen LogP contribution in [-0.2, 0) is 4.79 Å². The molecule has 0 radical (unpaired) electrons. The summed E-state index contributed by atoms with van der Waals surface area (Å²) in [6.45, 7) is 2.15. The second kappa shape index (κ2) is 6.20. The highest BCUT2D eigenvalue weighted by atomic mass is 16.2. The number of benzene rings is 1. The summed E-state index contributed by atoms with van der Waals surface area (Å²) >= 11 is 0. The SMILES string of the molecule is CCCC1CC(C(=O)Nc2cnc3ccccc3c2)NN1. The van der Waals surface area contributed by atoms with Gasteiger partial charge in [0.25, 0.3) is 0 Å². The molecular formula is C16H20N4O. The van der Waals surface area contributed by atoms with Crippen molar-refractivity contribution in [2.75, 3.05) is 5.32 Å². The maximum absolute atomic E-state index is 12.3. The number of carbonyl (C=O) groups is 1. The number of hydrazine groups is 1. The molecule has 0 aliphatic carbocycles. The van der Waals surface area contributed by atoms with Crippen LogP contribution in [0.2, 0.25) is 0 Å². The summed E-state index contributed by atoms with van der Waals surface area (Å²) in [5.41, 5.74) is 7.91. The average molecular weight is 284 g/mol. The molecule has 1 aliphatic heterocycles. The van der Waals surface area contributed by atoms with Crippen molar-refractivity contribution >= 4 is 22.5 Å². The highest BCUT2D eigenvalue weighted by molar-refractivity contribution is 5.96. The normalized spacial score (nSPS) is 21.6. The van der Waals surface area contributed by atoms with Crippen LogP contribution in [0.3, 0.4) is 0 Å². The lowest BCUT2D eigenvalue weighted by atomic mass is 10.1. The molecule has 5 nitrogen and oxygen atoms in total. The van der Waals surface area contributed by atoms with Gasteiger partial charge in [0, 0.05) is 11.4 Å². The first-order valence-corrected chi connectivity index (χ1v) is 7.43. The van der Waals surface area contributed by atoms with Crippen molar-refractivity contribution in [2.45, 2.75) is 38.3 Å². The molecule has 1 aromatic carbocycles. The Labute approximate surface area is 124 Å². The molecule has 1 aliphatic rings. The van der Waals surface area contributed by atoms with Gasteiger partial charge in [0.2, 0.25) is 5.91 Å². The minimum atomic E-state index is -0.187. The fourth-order valence-corrected chi connectivity index (χ4v) is 2.70. The van der Waals surface area contributed by atoms with E-state index in [4.69, 9.17) is 0 Å². The summed E-state index contributed by atoms with van der Waals surface area (Å²) in [4.78, 5) is 16.6. The van der Waals surface area contributed by atoms with E-state index in [1.165, 1.54) is 0 Å². The Hall–Kier alpha value is -1.98. The summed E-state index contributed by atoms with van der Waals surface area (Å²) in [5, 5.41) is 3.96. The highest BCUT2D eigenvalue weighted by Crippen LogP contribution is 2.17. The van der Waals surface area contributed by atoms with E-state index >= 15 is 0 Å². The van der Waals surface area contributed by atoms with Crippen LogP contribution in [0.5, 0.6) is 0 Å². The zero-order chi connectivity index (χ0) is 14.7. The number of nitrogens with one attached hydrogen (secondary N) is 3. The van der Waals surface area contributed by atoms with Crippen LogP contribution >= 0.6 is 0 Å². The van der Waals surface area contributed by atoms with Crippen molar-refractivity contribution in [3.63, 3.8) is 0 Å². The van der Waals surface area contributed by atoms with Crippen molar-refractivity contribution < 1.29 is 4.79 Å². The molecule has 5 heteroatoms. The third kappa shape index (κ3) is 3.20.